The minimum absolute atomic E-state index is 0.191. The highest BCUT2D eigenvalue weighted by molar-refractivity contribution is 7.89. The molecule has 0 bridgehead atoms. The molecule has 0 aromatic heterocycles. The van der Waals surface area contributed by atoms with Gasteiger partial charge in [0.15, 0.2) is 5.71 Å². The lowest BCUT2D eigenvalue weighted by molar-refractivity contribution is -0.439. The zero-order valence-electron chi connectivity index (χ0n) is 17.4. The summed E-state index contributed by atoms with van der Waals surface area (Å²) >= 11 is 4.28. The Hall–Kier alpha value is -1.38. The van der Waals surface area contributed by atoms with Crippen LogP contribution in [0.4, 0.5) is 5.69 Å². The highest BCUT2D eigenvalue weighted by Crippen LogP contribution is 2.41. The largest absolute Gasteiger partial charge is 0.465 e. The van der Waals surface area contributed by atoms with Gasteiger partial charge in [0.2, 0.25) is 15.7 Å². The Morgan fingerprint density at radius 2 is 1.96 bits per heavy atom. The van der Waals surface area contributed by atoms with Gasteiger partial charge < -0.3 is 4.74 Å². The van der Waals surface area contributed by atoms with Crippen LogP contribution in [0, 0.1) is 0 Å². The maximum absolute atomic E-state index is 12.9. The smallest absolute Gasteiger partial charge is 0.321 e. The van der Waals surface area contributed by atoms with Gasteiger partial charge in [0.25, 0.3) is 0 Å². The number of carbonyl (C=O) groups excluding carboxylic acids is 1. The molecule has 1 aromatic rings. The van der Waals surface area contributed by atoms with E-state index in [1.807, 2.05) is 6.07 Å². The molecule has 156 valence electrons. The molecule has 8 heteroatoms. The van der Waals surface area contributed by atoms with E-state index < -0.39 is 16.0 Å². The van der Waals surface area contributed by atoms with E-state index in [4.69, 9.17) is 4.74 Å². The maximum atomic E-state index is 12.9. The zero-order chi connectivity index (χ0) is 21.1. The molecule has 0 radical (unpaired) electrons. The van der Waals surface area contributed by atoms with Gasteiger partial charge in [0.1, 0.15) is 13.1 Å². The second kappa shape index (κ2) is 8.97. The average Bonchev–Trinajstić information content (AvgIpc) is 2.82. The van der Waals surface area contributed by atoms with Crippen LogP contribution < -0.4 is 0 Å². The van der Waals surface area contributed by atoms with Crippen LogP contribution in [0.2, 0.25) is 0 Å². The fraction of sp³-hybridized carbons (Fsp3) is 0.600. The number of carbonyl (C=O) groups is 1. The number of fused-ring (bicyclic) bond motifs is 1. The van der Waals surface area contributed by atoms with E-state index >= 15 is 0 Å². The van der Waals surface area contributed by atoms with Crippen LogP contribution in [0.15, 0.2) is 23.1 Å². The predicted octanol–water partition coefficient (Wildman–Crippen LogP) is 2.98. The molecule has 0 aliphatic carbocycles. The van der Waals surface area contributed by atoms with Gasteiger partial charge in [-0.25, -0.2) is 8.42 Å². The molecule has 28 heavy (non-hydrogen) atoms. The molecule has 1 aliphatic heterocycles. The lowest BCUT2D eigenvalue weighted by atomic mass is 9.82. The summed E-state index contributed by atoms with van der Waals surface area (Å²) < 4.78 is 34.1. The maximum Gasteiger partial charge on any atom is 0.321 e. The van der Waals surface area contributed by atoms with Gasteiger partial charge in [0.05, 0.1) is 16.9 Å². The zero-order valence-corrected chi connectivity index (χ0v) is 19.1. The van der Waals surface area contributed by atoms with Crippen molar-refractivity contribution in [3.05, 3.63) is 23.8 Å². The number of thiol groups is 1. The summed E-state index contributed by atoms with van der Waals surface area (Å²) in [7, 11) is -2.39. The van der Waals surface area contributed by atoms with Crippen molar-refractivity contribution in [2.45, 2.75) is 50.8 Å². The van der Waals surface area contributed by atoms with Gasteiger partial charge in [0, 0.05) is 32.0 Å². The molecule has 0 amide bonds. The van der Waals surface area contributed by atoms with Gasteiger partial charge in [-0.2, -0.15) is 21.5 Å². The normalized spacial score (nSPS) is 15.8. The fourth-order valence-electron chi connectivity index (χ4n) is 3.45. The van der Waals surface area contributed by atoms with E-state index in [0.29, 0.717) is 0 Å². The van der Waals surface area contributed by atoms with Crippen LogP contribution in [0.3, 0.4) is 0 Å². The molecule has 0 unspecified atom stereocenters. The van der Waals surface area contributed by atoms with E-state index in [0.717, 1.165) is 40.7 Å². The molecule has 0 saturated carbocycles. The molecule has 2 rings (SSSR count). The Morgan fingerprint density at radius 1 is 1.29 bits per heavy atom. The van der Waals surface area contributed by atoms with Crippen molar-refractivity contribution in [2.75, 3.05) is 32.5 Å². The molecule has 0 N–H and O–H groups in total. The van der Waals surface area contributed by atoms with Crippen LogP contribution >= 0.6 is 12.6 Å². The predicted molar refractivity (Wildman–Crippen MR) is 114 cm³/mol. The number of esters is 1. The van der Waals surface area contributed by atoms with E-state index in [1.165, 1.54) is 12.8 Å². The summed E-state index contributed by atoms with van der Waals surface area (Å²) in [6.07, 6.45) is 2.06. The number of benzene rings is 1. The molecule has 1 aromatic carbocycles. The van der Waals surface area contributed by atoms with Crippen molar-refractivity contribution in [3.63, 3.8) is 0 Å². The molecular formula is C20H31N2O4S2+. The van der Waals surface area contributed by atoms with Gasteiger partial charge in [-0.1, -0.05) is 0 Å². The number of ether oxygens (including phenoxy) is 1. The lowest BCUT2D eigenvalue weighted by Gasteiger charge is -2.19. The first-order valence-corrected chi connectivity index (χ1v) is 11.6. The number of rotatable bonds is 9. The number of sulfonamides is 1. The summed E-state index contributed by atoms with van der Waals surface area (Å²) in [5.74, 6) is 0.294. The molecule has 0 spiro atoms. The minimum Gasteiger partial charge on any atom is -0.465 e. The van der Waals surface area contributed by atoms with Crippen LogP contribution in [0.5, 0.6) is 0 Å². The lowest BCUT2D eigenvalue weighted by Crippen LogP contribution is -2.33. The second-order valence-corrected chi connectivity index (χ2v) is 10.0. The first-order chi connectivity index (χ1) is 13.1. The molecule has 0 saturated heterocycles. The van der Waals surface area contributed by atoms with E-state index in [9.17, 15) is 13.2 Å². The first-order valence-electron chi connectivity index (χ1n) is 9.56. The summed E-state index contributed by atoms with van der Waals surface area (Å²) in [4.78, 5) is 11.9. The van der Waals surface area contributed by atoms with E-state index in [2.05, 4.69) is 38.0 Å². The SMILES string of the molecule is CCOC(=O)CN(C)S(=O)(=O)c1ccc2c(c1)C(C)(C)C(C)=[N+]2CCCCS. The summed E-state index contributed by atoms with van der Waals surface area (Å²) in [5.41, 5.74) is 2.98. The Bertz CT molecular complexity index is 876. The Labute approximate surface area is 174 Å². The molecule has 1 aliphatic rings. The fourth-order valence-corrected chi connectivity index (χ4v) is 4.81. The highest BCUT2D eigenvalue weighted by Gasteiger charge is 2.43. The number of nitrogens with zero attached hydrogens (tertiary/aromatic N) is 2. The minimum atomic E-state index is -3.79. The summed E-state index contributed by atoms with van der Waals surface area (Å²) in [6, 6.07) is 5.24. The van der Waals surface area contributed by atoms with Gasteiger partial charge >= 0.3 is 5.97 Å². The third kappa shape index (κ3) is 4.44. The molecule has 0 fully saturated rings. The van der Waals surface area contributed by atoms with Crippen LogP contribution in [-0.2, 0) is 25.0 Å². The van der Waals surface area contributed by atoms with E-state index in [-0.39, 0.29) is 23.5 Å². The van der Waals surface area contributed by atoms with Gasteiger partial charge in [-0.3, -0.25) is 4.79 Å². The monoisotopic (exact) mass is 427 g/mol. The van der Waals surface area contributed by atoms with Gasteiger partial charge in [-0.05, 0) is 45.1 Å². The third-order valence-electron chi connectivity index (χ3n) is 5.40. The standard InChI is InChI=1S/C20H30N2O4S2/c1-6-26-19(23)14-21(5)28(24,25)16-9-10-18-17(13-16)20(3,4)15(2)22(18)11-7-8-12-27/h9-10,13H,6-8,11-12,14H2,1-5H3/p+1. The van der Waals surface area contributed by atoms with Crippen molar-refractivity contribution in [3.8, 4) is 0 Å². The second-order valence-electron chi connectivity index (χ2n) is 7.54. The van der Waals surface area contributed by atoms with Crippen molar-refractivity contribution in [1.29, 1.82) is 0 Å². The van der Waals surface area contributed by atoms with Crippen LogP contribution in [0.1, 0.15) is 46.1 Å². The third-order valence-corrected chi connectivity index (χ3v) is 7.51. The molecular weight excluding hydrogens is 396 g/mol. The van der Waals surface area contributed by atoms with Crippen molar-refractivity contribution >= 4 is 40.0 Å². The number of likely N-dealkylation sites (N-methyl/N-ethyl adjacent to an activating group) is 1. The van der Waals surface area contributed by atoms with Crippen LogP contribution in [-0.4, -0.2) is 61.5 Å². The summed E-state index contributed by atoms with van der Waals surface area (Å²) in [5, 5.41) is 0. The van der Waals surface area contributed by atoms with Crippen molar-refractivity contribution in [2.24, 2.45) is 0 Å². The number of unbranched alkanes of at least 4 members (excludes halogenated alkanes) is 1. The van der Waals surface area contributed by atoms with E-state index in [1.54, 1.807) is 19.1 Å². The Morgan fingerprint density at radius 3 is 2.57 bits per heavy atom. The molecule has 6 nitrogen and oxygen atoms in total. The van der Waals surface area contributed by atoms with Crippen molar-refractivity contribution in [1.82, 2.24) is 4.31 Å². The van der Waals surface area contributed by atoms with Crippen LogP contribution in [0.25, 0.3) is 0 Å². The quantitative estimate of drug-likeness (QED) is 0.285. The van der Waals surface area contributed by atoms with Gasteiger partial charge in [-0.15, -0.1) is 0 Å². The number of hydrogen-bond acceptors (Lipinski definition) is 5. The highest BCUT2D eigenvalue weighted by atomic mass is 32.2. The van der Waals surface area contributed by atoms with Crippen molar-refractivity contribution < 1.29 is 22.5 Å². The average molecular weight is 428 g/mol. The molecule has 1 heterocycles. The summed E-state index contributed by atoms with van der Waals surface area (Å²) in [6.45, 7) is 8.81. The Kier molecular flexibility index (Phi) is 7.33. The molecule has 0 atom stereocenters. The Balaban J connectivity index is 2.36. The number of hydrogen-bond donors (Lipinski definition) is 1. The topological polar surface area (TPSA) is 66.7 Å². The first kappa shape index (κ1) is 22.9.